The maximum absolute atomic E-state index is 13.0. The lowest BCUT2D eigenvalue weighted by molar-refractivity contribution is 0.132. The average Bonchev–Trinajstić information content (AvgIpc) is 2.60. The minimum atomic E-state index is -0.0539. The van der Waals surface area contributed by atoms with Crippen LogP contribution in [0.3, 0.4) is 0 Å². The second kappa shape index (κ2) is 7.81. The third-order valence-electron chi connectivity index (χ3n) is 4.82. The summed E-state index contributed by atoms with van der Waals surface area (Å²) in [5.74, 6) is 0.825. The van der Waals surface area contributed by atoms with Crippen molar-refractivity contribution >= 4 is 22.6 Å². The summed E-state index contributed by atoms with van der Waals surface area (Å²) in [6.45, 7) is 9.81. The van der Waals surface area contributed by atoms with Crippen LogP contribution in [0.4, 0.5) is 0 Å². The summed E-state index contributed by atoms with van der Waals surface area (Å²) in [6.07, 6.45) is 3.56. The SMILES string of the molecule is CCCC(c1nc2ncc(Cl)cc2c(=O)n1CC)N1CCN[C@@H](C)C1. The Morgan fingerprint density at radius 2 is 2.24 bits per heavy atom. The van der Waals surface area contributed by atoms with E-state index in [4.69, 9.17) is 16.6 Å². The van der Waals surface area contributed by atoms with E-state index in [1.807, 2.05) is 6.92 Å². The molecule has 2 aromatic heterocycles. The largest absolute Gasteiger partial charge is 0.312 e. The summed E-state index contributed by atoms with van der Waals surface area (Å²) in [4.78, 5) is 24.5. The molecule has 0 aromatic carbocycles. The number of halogens is 1. The summed E-state index contributed by atoms with van der Waals surface area (Å²) in [7, 11) is 0. The van der Waals surface area contributed by atoms with Crippen LogP contribution in [0.1, 0.15) is 45.5 Å². The molecule has 0 radical (unpaired) electrons. The van der Waals surface area contributed by atoms with Gasteiger partial charge in [0.05, 0.1) is 16.5 Å². The van der Waals surface area contributed by atoms with E-state index in [2.05, 4.69) is 29.0 Å². The fourth-order valence-corrected chi connectivity index (χ4v) is 3.81. The van der Waals surface area contributed by atoms with E-state index in [-0.39, 0.29) is 11.6 Å². The molecule has 1 aliphatic rings. The maximum atomic E-state index is 13.0. The van der Waals surface area contributed by atoms with Crippen molar-refractivity contribution in [2.45, 2.75) is 52.2 Å². The van der Waals surface area contributed by atoms with Gasteiger partial charge in [-0.25, -0.2) is 9.97 Å². The van der Waals surface area contributed by atoms with Crippen LogP contribution in [0.25, 0.3) is 11.0 Å². The van der Waals surface area contributed by atoms with E-state index in [9.17, 15) is 4.79 Å². The van der Waals surface area contributed by atoms with Crippen LogP contribution in [0.2, 0.25) is 5.02 Å². The monoisotopic (exact) mass is 363 g/mol. The van der Waals surface area contributed by atoms with Gasteiger partial charge in [0.15, 0.2) is 5.65 Å². The van der Waals surface area contributed by atoms with Gasteiger partial charge < -0.3 is 5.32 Å². The van der Waals surface area contributed by atoms with Crippen molar-refractivity contribution in [2.24, 2.45) is 0 Å². The molecule has 0 bridgehead atoms. The number of fused-ring (bicyclic) bond motifs is 1. The highest BCUT2D eigenvalue weighted by Crippen LogP contribution is 2.26. The second-order valence-electron chi connectivity index (χ2n) is 6.70. The predicted molar refractivity (Wildman–Crippen MR) is 101 cm³/mol. The van der Waals surface area contributed by atoms with Gasteiger partial charge in [-0.15, -0.1) is 0 Å². The van der Waals surface area contributed by atoms with Gasteiger partial charge in [-0.2, -0.15) is 0 Å². The summed E-state index contributed by atoms with van der Waals surface area (Å²) >= 11 is 6.02. The Bertz CT molecular complexity index is 806. The van der Waals surface area contributed by atoms with Gasteiger partial charge in [0.2, 0.25) is 0 Å². The van der Waals surface area contributed by atoms with Gasteiger partial charge in [0.25, 0.3) is 5.56 Å². The molecule has 0 amide bonds. The van der Waals surface area contributed by atoms with Gasteiger partial charge in [-0.3, -0.25) is 14.3 Å². The van der Waals surface area contributed by atoms with E-state index in [0.717, 1.165) is 38.3 Å². The quantitative estimate of drug-likeness (QED) is 0.884. The highest BCUT2D eigenvalue weighted by molar-refractivity contribution is 6.31. The number of rotatable bonds is 5. The standard InChI is InChI=1S/C18H26ClN5O/c1-4-6-15(23-8-7-20-12(3)11-23)17-22-16-14(9-13(19)10-21-16)18(25)24(17)5-2/h9-10,12,15,20H,4-8,11H2,1-3H3/t12-,15?/m0/s1. The van der Waals surface area contributed by atoms with Crippen molar-refractivity contribution < 1.29 is 0 Å². The molecule has 1 N–H and O–H groups in total. The molecule has 7 heteroatoms. The maximum Gasteiger partial charge on any atom is 0.263 e. The van der Waals surface area contributed by atoms with Gasteiger partial charge >= 0.3 is 0 Å². The molecule has 0 spiro atoms. The van der Waals surface area contributed by atoms with Crippen LogP contribution < -0.4 is 10.9 Å². The van der Waals surface area contributed by atoms with Crippen LogP contribution in [0, 0.1) is 0 Å². The van der Waals surface area contributed by atoms with E-state index in [1.165, 1.54) is 0 Å². The van der Waals surface area contributed by atoms with Gasteiger partial charge in [0.1, 0.15) is 5.82 Å². The summed E-state index contributed by atoms with van der Waals surface area (Å²) in [6, 6.07) is 2.23. The molecule has 2 atom stereocenters. The van der Waals surface area contributed by atoms with Crippen molar-refractivity contribution in [3.8, 4) is 0 Å². The topological polar surface area (TPSA) is 63.1 Å². The van der Waals surface area contributed by atoms with Crippen molar-refractivity contribution in [3.05, 3.63) is 33.5 Å². The van der Waals surface area contributed by atoms with E-state index >= 15 is 0 Å². The fourth-order valence-electron chi connectivity index (χ4n) is 3.65. The Hall–Kier alpha value is -1.50. The predicted octanol–water partition coefficient (Wildman–Crippen LogP) is 2.60. The zero-order chi connectivity index (χ0) is 18.0. The van der Waals surface area contributed by atoms with Crippen molar-refractivity contribution in [2.75, 3.05) is 19.6 Å². The minimum absolute atomic E-state index is 0.0539. The molecule has 3 heterocycles. The Morgan fingerprint density at radius 1 is 1.44 bits per heavy atom. The van der Waals surface area contributed by atoms with E-state index in [0.29, 0.717) is 28.6 Å². The Morgan fingerprint density at radius 3 is 2.92 bits per heavy atom. The third kappa shape index (κ3) is 3.71. The molecule has 1 aliphatic heterocycles. The van der Waals surface area contributed by atoms with E-state index in [1.54, 1.807) is 16.8 Å². The molecule has 1 saturated heterocycles. The second-order valence-corrected chi connectivity index (χ2v) is 7.14. The zero-order valence-electron chi connectivity index (χ0n) is 15.1. The number of aromatic nitrogens is 3. The molecule has 6 nitrogen and oxygen atoms in total. The highest BCUT2D eigenvalue weighted by atomic mass is 35.5. The van der Waals surface area contributed by atoms with Gasteiger partial charge in [0, 0.05) is 38.4 Å². The lowest BCUT2D eigenvalue weighted by Crippen LogP contribution is -2.51. The van der Waals surface area contributed by atoms with Crippen LogP contribution in [-0.2, 0) is 6.54 Å². The van der Waals surface area contributed by atoms with Crippen molar-refractivity contribution in [1.82, 2.24) is 24.8 Å². The first kappa shape index (κ1) is 18.3. The lowest BCUT2D eigenvalue weighted by Gasteiger charge is -2.38. The molecule has 1 unspecified atom stereocenters. The van der Waals surface area contributed by atoms with Crippen molar-refractivity contribution in [3.63, 3.8) is 0 Å². The highest BCUT2D eigenvalue weighted by Gasteiger charge is 2.28. The van der Waals surface area contributed by atoms with Gasteiger partial charge in [-0.1, -0.05) is 24.9 Å². The smallest absolute Gasteiger partial charge is 0.263 e. The van der Waals surface area contributed by atoms with Crippen LogP contribution in [-0.4, -0.2) is 45.1 Å². The summed E-state index contributed by atoms with van der Waals surface area (Å²) in [5.41, 5.74) is 0.431. The molecule has 25 heavy (non-hydrogen) atoms. The molecular weight excluding hydrogens is 338 g/mol. The first-order chi connectivity index (χ1) is 12.0. The molecule has 2 aromatic rings. The van der Waals surface area contributed by atoms with Gasteiger partial charge in [-0.05, 0) is 26.3 Å². The minimum Gasteiger partial charge on any atom is -0.312 e. The molecule has 136 valence electrons. The number of pyridine rings is 1. The van der Waals surface area contributed by atoms with Crippen molar-refractivity contribution in [1.29, 1.82) is 0 Å². The fraction of sp³-hybridized carbons (Fsp3) is 0.611. The number of piperazine rings is 1. The molecule has 0 aliphatic carbocycles. The zero-order valence-corrected chi connectivity index (χ0v) is 15.9. The number of hydrogen-bond donors (Lipinski definition) is 1. The lowest BCUT2D eigenvalue weighted by atomic mass is 10.1. The summed E-state index contributed by atoms with van der Waals surface area (Å²) < 4.78 is 1.79. The Balaban J connectivity index is 2.13. The normalized spacial score (nSPS) is 20.1. The van der Waals surface area contributed by atoms with Crippen LogP contribution in [0.15, 0.2) is 17.1 Å². The number of hydrogen-bond acceptors (Lipinski definition) is 5. The van der Waals surface area contributed by atoms with Crippen LogP contribution >= 0.6 is 11.6 Å². The first-order valence-electron chi connectivity index (χ1n) is 9.08. The van der Waals surface area contributed by atoms with E-state index < -0.39 is 0 Å². The Kier molecular flexibility index (Phi) is 5.71. The summed E-state index contributed by atoms with van der Waals surface area (Å²) in [5, 5.41) is 4.43. The third-order valence-corrected chi connectivity index (χ3v) is 5.03. The Labute approximate surface area is 153 Å². The number of nitrogens with one attached hydrogen (secondary N) is 1. The molecule has 0 saturated carbocycles. The average molecular weight is 364 g/mol. The molecule has 1 fully saturated rings. The first-order valence-corrected chi connectivity index (χ1v) is 9.46. The molecular formula is C18H26ClN5O. The van der Waals surface area contributed by atoms with Crippen LogP contribution in [0.5, 0.6) is 0 Å². The molecule has 3 rings (SSSR count). The number of nitrogens with zero attached hydrogens (tertiary/aromatic N) is 4.